The van der Waals surface area contributed by atoms with Gasteiger partial charge < -0.3 is 10.2 Å². The summed E-state index contributed by atoms with van der Waals surface area (Å²) in [7, 11) is 0. The number of carbonyl (C=O) groups excluding carboxylic acids is 2. The van der Waals surface area contributed by atoms with Crippen LogP contribution in [0.4, 0.5) is 10.1 Å². The summed E-state index contributed by atoms with van der Waals surface area (Å²) in [5.74, 6) is -0.193. The predicted molar refractivity (Wildman–Crippen MR) is 103 cm³/mol. The first-order valence-electron chi connectivity index (χ1n) is 9.83. The molecule has 2 amide bonds. The highest BCUT2D eigenvalue weighted by molar-refractivity contribution is 5.92. The topological polar surface area (TPSA) is 55.9 Å². The van der Waals surface area contributed by atoms with Crippen molar-refractivity contribution in [2.75, 3.05) is 51.1 Å². The van der Waals surface area contributed by atoms with Crippen LogP contribution in [0, 0.1) is 5.82 Å². The van der Waals surface area contributed by atoms with Crippen LogP contribution in [-0.2, 0) is 9.59 Å². The standard InChI is InChI=1S/C20H29FN4O2/c1-16(20(27)25-9-3-2-4-10-25)24-13-11-23(12-14-24)15-19(26)22-18-7-5-17(21)6-8-18/h5-8,16H,2-4,9-15H2,1H3,(H,22,26)/t16-/m1/s1. The van der Waals surface area contributed by atoms with Crippen molar-refractivity contribution in [1.82, 2.24) is 14.7 Å². The first kappa shape index (κ1) is 19.8. The third-order valence-corrected chi connectivity index (χ3v) is 5.47. The van der Waals surface area contributed by atoms with Crippen LogP contribution in [0.15, 0.2) is 24.3 Å². The first-order chi connectivity index (χ1) is 13.0. The number of piperazine rings is 1. The van der Waals surface area contributed by atoms with Crippen LogP contribution in [0.2, 0.25) is 0 Å². The van der Waals surface area contributed by atoms with Crippen LogP contribution in [0.5, 0.6) is 0 Å². The molecule has 6 nitrogen and oxygen atoms in total. The third-order valence-electron chi connectivity index (χ3n) is 5.47. The Morgan fingerprint density at radius 1 is 1.00 bits per heavy atom. The van der Waals surface area contributed by atoms with Crippen LogP contribution in [-0.4, -0.2) is 78.4 Å². The molecule has 0 spiro atoms. The van der Waals surface area contributed by atoms with E-state index in [1.165, 1.54) is 18.6 Å². The Kier molecular flexibility index (Phi) is 6.79. The average molecular weight is 376 g/mol. The van der Waals surface area contributed by atoms with Crippen molar-refractivity contribution >= 4 is 17.5 Å². The molecule has 27 heavy (non-hydrogen) atoms. The first-order valence-corrected chi connectivity index (χ1v) is 9.83. The maximum Gasteiger partial charge on any atom is 0.239 e. The van der Waals surface area contributed by atoms with Gasteiger partial charge in [-0.3, -0.25) is 19.4 Å². The number of nitrogens with zero attached hydrogens (tertiary/aromatic N) is 3. The van der Waals surface area contributed by atoms with Crippen molar-refractivity contribution in [3.05, 3.63) is 30.1 Å². The Labute approximate surface area is 160 Å². The van der Waals surface area contributed by atoms with Crippen LogP contribution in [0.1, 0.15) is 26.2 Å². The lowest BCUT2D eigenvalue weighted by atomic mass is 10.1. The molecule has 1 aromatic carbocycles. The van der Waals surface area contributed by atoms with E-state index in [1.54, 1.807) is 12.1 Å². The summed E-state index contributed by atoms with van der Waals surface area (Å²) in [5.41, 5.74) is 0.598. The highest BCUT2D eigenvalue weighted by Gasteiger charge is 2.29. The summed E-state index contributed by atoms with van der Waals surface area (Å²) in [5, 5.41) is 2.79. The van der Waals surface area contributed by atoms with Gasteiger partial charge in [-0.1, -0.05) is 0 Å². The molecule has 2 fully saturated rings. The van der Waals surface area contributed by atoms with Crippen molar-refractivity contribution in [3.63, 3.8) is 0 Å². The molecule has 0 radical (unpaired) electrons. The zero-order valence-electron chi connectivity index (χ0n) is 16.0. The fourth-order valence-corrected chi connectivity index (χ4v) is 3.78. The number of hydrogen-bond acceptors (Lipinski definition) is 4. The molecule has 0 saturated carbocycles. The van der Waals surface area contributed by atoms with Crippen molar-refractivity contribution in [1.29, 1.82) is 0 Å². The lowest BCUT2D eigenvalue weighted by molar-refractivity contribution is -0.138. The average Bonchev–Trinajstić information content (AvgIpc) is 2.70. The zero-order valence-corrected chi connectivity index (χ0v) is 16.0. The Hall–Kier alpha value is -1.99. The van der Waals surface area contributed by atoms with Gasteiger partial charge in [0.15, 0.2) is 0 Å². The van der Waals surface area contributed by atoms with E-state index in [0.717, 1.165) is 52.1 Å². The normalized spacial score (nSPS) is 20.3. The summed E-state index contributed by atoms with van der Waals surface area (Å²) >= 11 is 0. The zero-order chi connectivity index (χ0) is 19.2. The second-order valence-electron chi connectivity index (χ2n) is 7.43. The van der Waals surface area contributed by atoms with Crippen LogP contribution < -0.4 is 5.32 Å². The number of hydrogen-bond donors (Lipinski definition) is 1. The number of anilines is 1. The third kappa shape index (κ3) is 5.49. The van der Waals surface area contributed by atoms with Crippen molar-refractivity contribution in [2.45, 2.75) is 32.2 Å². The van der Waals surface area contributed by atoms with Gasteiger partial charge in [0, 0.05) is 45.0 Å². The lowest BCUT2D eigenvalue weighted by Gasteiger charge is -2.39. The van der Waals surface area contributed by atoms with Gasteiger partial charge >= 0.3 is 0 Å². The number of piperidine rings is 1. The Balaban J connectivity index is 1.42. The maximum absolute atomic E-state index is 12.9. The summed E-state index contributed by atoms with van der Waals surface area (Å²) in [6, 6.07) is 5.67. The molecule has 3 rings (SSSR count). The van der Waals surface area contributed by atoms with Gasteiger partial charge in [-0.15, -0.1) is 0 Å². The predicted octanol–water partition coefficient (Wildman–Crippen LogP) is 1.78. The molecule has 2 aliphatic rings. The number of halogens is 1. The molecule has 148 valence electrons. The van der Waals surface area contributed by atoms with E-state index in [9.17, 15) is 14.0 Å². The SMILES string of the molecule is C[C@H](C(=O)N1CCCCC1)N1CCN(CC(=O)Nc2ccc(F)cc2)CC1. The van der Waals surface area contributed by atoms with Crippen LogP contribution in [0.3, 0.4) is 0 Å². The minimum atomic E-state index is -0.322. The summed E-state index contributed by atoms with van der Waals surface area (Å²) in [6.45, 7) is 7.14. The largest absolute Gasteiger partial charge is 0.341 e. The molecule has 1 aromatic rings. The van der Waals surface area contributed by atoms with Gasteiger partial charge in [0.2, 0.25) is 11.8 Å². The molecule has 2 saturated heterocycles. The van der Waals surface area contributed by atoms with Gasteiger partial charge in [0.25, 0.3) is 0 Å². The van der Waals surface area contributed by atoms with E-state index in [0.29, 0.717) is 12.2 Å². The minimum absolute atomic E-state index is 0.0988. The monoisotopic (exact) mass is 376 g/mol. The fourth-order valence-electron chi connectivity index (χ4n) is 3.78. The Morgan fingerprint density at radius 2 is 1.63 bits per heavy atom. The number of nitrogens with one attached hydrogen (secondary N) is 1. The molecular formula is C20H29FN4O2. The van der Waals surface area contributed by atoms with Gasteiger partial charge in [-0.05, 0) is 50.5 Å². The molecule has 1 N–H and O–H groups in total. The smallest absolute Gasteiger partial charge is 0.239 e. The van der Waals surface area contributed by atoms with Gasteiger partial charge in [0.05, 0.1) is 12.6 Å². The molecule has 1 atom stereocenters. The highest BCUT2D eigenvalue weighted by atomic mass is 19.1. The second-order valence-corrected chi connectivity index (χ2v) is 7.43. The number of carbonyl (C=O) groups is 2. The number of likely N-dealkylation sites (tertiary alicyclic amines) is 1. The van der Waals surface area contributed by atoms with Crippen molar-refractivity contribution in [3.8, 4) is 0 Å². The van der Waals surface area contributed by atoms with E-state index < -0.39 is 0 Å². The van der Waals surface area contributed by atoms with Crippen molar-refractivity contribution in [2.24, 2.45) is 0 Å². The molecule has 0 aliphatic carbocycles. The van der Waals surface area contributed by atoms with E-state index >= 15 is 0 Å². The molecular weight excluding hydrogens is 347 g/mol. The van der Waals surface area contributed by atoms with Gasteiger partial charge in [-0.25, -0.2) is 4.39 Å². The summed E-state index contributed by atoms with van der Waals surface area (Å²) < 4.78 is 12.9. The quantitative estimate of drug-likeness (QED) is 0.851. The van der Waals surface area contributed by atoms with E-state index in [1.807, 2.05) is 11.8 Å². The number of amides is 2. The van der Waals surface area contributed by atoms with E-state index in [2.05, 4.69) is 15.1 Å². The molecule has 0 unspecified atom stereocenters. The minimum Gasteiger partial charge on any atom is -0.341 e. The maximum atomic E-state index is 12.9. The van der Waals surface area contributed by atoms with Crippen molar-refractivity contribution < 1.29 is 14.0 Å². The number of benzene rings is 1. The molecule has 7 heteroatoms. The Bertz CT molecular complexity index is 638. The van der Waals surface area contributed by atoms with Gasteiger partial charge in [-0.2, -0.15) is 0 Å². The highest BCUT2D eigenvalue weighted by Crippen LogP contribution is 2.14. The molecule has 2 heterocycles. The van der Waals surface area contributed by atoms with E-state index in [-0.39, 0.29) is 23.7 Å². The lowest BCUT2D eigenvalue weighted by Crippen LogP contribution is -2.55. The number of rotatable bonds is 5. The molecule has 0 bridgehead atoms. The van der Waals surface area contributed by atoms with Gasteiger partial charge in [0.1, 0.15) is 5.82 Å². The van der Waals surface area contributed by atoms with Crippen LogP contribution in [0.25, 0.3) is 0 Å². The van der Waals surface area contributed by atoms with E-state index in [4.69, 9.17) is 0 Å². The Morgan fingerprint density at radius 3 is 2.26 bits per heavy atom. The second kappa shape index (κ2) is 9.28. The molecule has 2 aliphatic heterocycles. The fraction of sp³-hybridized carbons (Fsp3) is 0.600. The molecule has 0 aromatic heterocycles. The summed E-state index contributed by atoms with van der Waals surface area (Å²) in [6.07, 6.45) is 3.43. The van der Waals surface area contributed by atoms with Crippen LogP contribution >= 0.6 is 0 Å². The summed E-state index contributed by atoms with van der Waals surface area (Å²) in [4.78, 5) is 31.1.